The first-order valence-electron chi connectivity index (χ1n) is 10.8. The van der Waals surface area contributed by atoms with Crippen molar-refractivity contribution in [3.63, 3.8) is 0 Å². The van der Waals surface area contributed by atoms with Gasteiger partial charge in [-0.15, -0.1) is 0 Å². The molecule has 2 atom stereocenters. The highest BCUT2D eigenvalue weighted by molar-refractivity contribution is 5.68. The third-order valence-electron chi connectivity index (χ3n) is 5.25. The summed E-state index contributed by atoms with van der Waals surface area (Å²) in [4.78, 5) is 35.4. The van der Waals surface area contributed by atoms with E-state index in [2.05, 4.69) is 20.4 Å². The molecule has 0 bridgehead atoms. The third kappa shape index (κ3) is 6.90. The quantitative estimate of drug-likeness (QED) is 0.401. The van der Waals surface area contributed by atoms with Gasteiger partial charge in [-0.25, -0.2) is 24.3 Å². The van der Waals surface area contributed by atoms with E-state index in [0.717, 1.165) is 18.6 Å². The lowest BCUT2D eigenvalue weighted by Gasteiger charge is -2.38. The number of anilines is 2. The molecule has 11 nitrogen and oxygen atoms in total. The van der Waals surface area contributed by atoms with Crippen molar-refractivity contribution in [2.45, 2.75) is 25.2 Å². The molecule has 0 aromatic carbocycles. The van der Waals surface area contributed by atoms with Crippen molar-refractivity contribution in [1.29, 1.82) is 0 Å². The molecule has 0 saturated carbocycles. The fourth-order valence-corrected chi connectivity index (χ4v) is 3.62. The minimum absolute atomic E-state index is 0.0288. The fraction of sp³-hybridized carbons (Fsp3) is 0.476. The Morgan fingerprint density at radius 2 is 2.03 bits per heavy atom. The number of aromatic nitrogens is 4. The van der Waals surface area contributed by atoms with Gasteiger partial charge in [0.2, 0.25) is 5.95 Å². The van der Waals surface area contributed by atoms with Crippen molar-refractivity contribution in [3.8, 4) is 0 Å². The summed E-state index contributed by atoms with van der Waals surface area (Å²) in [7, 11) is 1.36. The van der Waals surface area contributed by atoms with Crippen LogP contribution in [0.4, 0.5) is 34.0 Å². The van der Waals surface area contributed by atoms with Crippen LogP contribution in [0.5, 0.6) is 0 Å². The summed E-state index contributed by atoms with van der Waals surface area (Å²) in [6.45, 7) is 2.81. The molecule has 3 heterocycles. The molecule has 1 saturated heterocycles. The molecule has 1 aliphatic rings. The molecule has 15 heteroatoms. The lowest BCUT2D eigenvalue weighted by Crippen LogP contribution is -2.54. The number of hydrogen-bond acceptors (Lipinski definition) is 9. The molecule has 2 aromatic heterocycles. The SMILES string of the molecule is COC[C@@H](/C=C/COC(=O)N1CCN(c2ncc(F)cn2)C[C@@H]1C)Nc1cn[nH]c(=O)c1C(F)(F)F. The van der Waals surface area contributed by atoms with Crippen LogP contribution in [0, 0.1) is 5.82 Å². The molecule has 3 rings (SSSR count). The van der Waals surface area contributed by atoms with Gasteiger partial charge in [0.1, 0.15) is 12.2 Å². The first-order valence-corrected chi connectivity index (χ1v) is 10.8. The van der Waals surface area contributed by atoms with Crippen molar-refractivity contribution >= 4 is 17.7 Å². The van der Waals surface area contributed by atoms with Crippen molar-refractivity contribution in [2.75, 3.05) is 50.2 Å². The normalized spacial score (nSPS) is 17.3. The molecule has 1 fully saturated rings. The van der Waals surface area contributed by atoms with Gasteiger partial charge in [0.15, 0.2) is 5.82 Å². The third-order valence-corrected chi connectivity index (χ3v) is 5.25. The van der Waals surface area contributed by atoms with Gasteiger partial charge in [0.25, 0.3) is 5.56 Å². The molecule has 1 amide bonds. The number of piperazine rings is 1. The molecule has 2 aromatic rings. The Morgan fingerprint density at radius 1 is 1.31 bits per heavy atom. The number of carbonyl (C=O) groups is 1. The summed E-state index contributed by atoms with van der Waals surface area (Å²) in [5.41, 5.74) is -3.29. The Labute approximate surface area is 203 Å². The predicted octanol–water partition coefficient (Wildman–Crippen LogP) is 2.05. The van der Waals surface area contributed by atoms with Crippen LogP contribution in [0.2, 0.25) is 0 Å². The summed E-state index contributed by atoms with van der Waals surface area (Å²) in [5, 5.41) is 7.75. The molecule has 196 valence electrons. The van der Waals surface area contributed by atoms with Crippen molar-refractivity contribution < 1.29 is 31.8 Å². The number of nitrogens with one attached hydrogen (secondary N) is 2. The van der Waals surface area contributed by atoms with Crippen LogP contribution < -0.4 is 15.8 Å². The zero-order valence-electron chi connectivity index (χ0n) is 19.5. The monoisotopic (exact) mass is 515 g/mol. The zero-order valence-corrected chi connectivity index (χ0v) is 19.5. The molecular weight excluding hydrogens is 490 g/mol. The molecular formula is C21H25F4N7O4. The smallest absolute Gasteiger partial charge is 0.423 e. The Bertz CT molecular complexity index is 1110. The maximum absolute atomic E-state index is 13.3. The number of H-pyrrole nitrogens is 1. The van der Waals surface area contributed by atoms with Crippen LogP contribution in [-0.2, 0) is 15.7 Å². The number of aromatic amines is 1. The second-order valence-corrected chi connectivity index (χ2v) is 7.89. The van der Waals surface area contributed by atoms with E-state index in [1.807, 2.05) is 11.8 Å². The molecule has 0 spiro atoms. The number of rotatable bonds is 8. The van der Waals surface area contributed by atoms with Crippen molar-refractivity contribution in [1.82, 2.24) is 25.1 Å². The predicted molar refractivity (Wildman–Crippen MR) is 120 cm³/mol. The summed E-state index contributed by atoms with van der Waals surface area (Å²) in [6, 6.07) is -1.01. The second kappa shape index (κ2) is 11.8. The van der Waals surface area contributed by atoms with E-state index in [4.69, 9.17) is 9.47 Å². The van der Waals surface area contributed by atoms with Crippen LogP contribution in [0.25, 0.3) is 0 Å². The minimum Gasteiger partial charge on any atom is -0.445 e. The van der Waals surface area contributed by atoms with Crippen LogP contribution in [0.3, 0.4) is 0 Å². The maximum Gasteiger partial charge on any atom is 0.423 e. The van der Waals surface area contributed by atoms with Gasteiger partial charge in [0, 0.05) is 32.8 Å². The van der Waals surface area contributed by atoms with E-state index in [1.165, 1.54) is 24.2 Å². The van der Waals surface area contributed by atoms with Gasteiger partial charge in [-0.2, -0.15) is 18.3 Å². The number of carbonyl (C=O) groups excluding carboxylic acids is 1. The van der Waals surface area contributed by atoms with E-state index in [1.54, 1.807) is 5.10 Å². The number of halogens is 4. The van der Waals surface area contributed by atoms with Crippen LogP contribution in [0.15, 0.2) is 35.5 Å². The van der Waals surface area contributed by atoms with E-state index in [0.29, 0.717) is 25.6 Å². The summed E-state index contributed by atoms with van der Waals surface area (Å²) < 4.78 is 63.1. The van der Waals surface area contributed by atoms with Gasteiger partial charge in [0.05, 0.1) is 36.9 Å². The molecule has 0 aliphatic carbocycles. The van der Waals surface area contributed by atoms with Crippen molar-refractivity contribution in [2.24, 2.45) is 0 Å². The van der Waals surface area contributed by atoms with Gasteiger partial charge in [-0.3, -0.25) is 4.79 Å². The van der Waals surface area contributed by atoms with E-state index in [-0.39, 0.29) is 19.3 Å². The number of ether oxygens (including phenoxy) is 2. The molecule has 0 unspecified atom stereocenters. The van der Waals surface area contributed by atoms with Crippen LogP contribution in [0.1, 0.15) is 12.5 Å². The minimum atomic E-state index is -4.89. The highest BCUT2D eigenvalue weighted by atomic mass is 19.4. The highest BCUT2D eigenvalue weighted by Crippen LogP contribution is 2.31. The Morgan fingerprint density at radius 3 is 2.67 bits per heavy atom. The number of nitrogens with zero attached hydrogens (tertiary/aromatic N) is 5. The van der Waals surface area contributed by atoms with E-state index < -0.39 is 40.9 Å². The zero-order chi connectivity index (χ0) is 26.3. The lowest BCUT2D eigenvalue weighted by molar-refractivity contribution is -0.138. The lowest BCUT2D eigenvalue weighted by atomic mass is 10.2. The first-order chi connectivity index (χ1) is 17.1. The average Bonchev–Trinajstić information content (AvgIpc) is 2.81. The van der Waals surface area contributed by atoms with Crippen LogP contribution in [-0.4, -0.2) is 83.2 Å². The standard InChI is InChI=1S/C21H25F4N7O4/c1-13-11-31(19-26-8-14(22)9-27-19)5-6-32(13)20(34)36-7-3-4-15(12-35-2)29-16-10-28-30-18(33)17(16)21(23,24)25/h3-4,8-10,13,15H,5-7,11-12H2,1-2H3,(H2,29,30,33)/b4-3+/t13-,15+/m0/s1. The number of hydrogen-bond donors (Lipinski definition) is 2. The Hall–Kier alpha value is -3.75. The summed E-state index contributed by atoms with van der Waals surface area (Å²) in [6.07, 6.45) is 0.462. The molecule has 36 heavy (non-hydrogen) atoms. The molecule has 1 aliphatic heterocycles. The Kier molecular flexibility index (Phi) is 8.79. The maximum atomic E-state index is 13.3. The van der Waals surface area contributed by atoms with E-state index in [9.17, 15) is 27.2 Å². The fourth-order valence-electron chi connectivity index (χ4n) is 3.62. The second-order valence-electron chi connectivity index (χ2n) is 7.89. The van der Waals surface area contributed by atoms with Crippen molar-refractivity contribution in [3.05, 3.63) is 52.5 Å². The van der Waals surface area contributed by atoms with Gasteiger partial charge in [-0.05, 0) is 13.0 Å². The summed E-state index contributed by atoms with van der Waals surface area (Å²) >= 11 is 0. The number of amides is 1. The number of methoxy groups -OCH3 is 1. The summed E-state index contributed by atoms with van der Waals surface area (Å²) in [5.74, 6) is -0.180. The van der Waals surface area contributed by atoms with Gasteiger partial charge < -0.3 is 24.6 Å². The molecule has 2 N–H and O–H groups in total. The van der Waals surface area contributed by atoms with Gasteiger partial charge >= 0.3 is 12.3 Å². The van der Waals surface area contributed by atoms with E-state index >= 15 is 0 Å². The number of alkyl halides is 3. The molecule has 0 radical (unpaired) electrons. The van der Waals surface area contributed by atoms with Crippen LogP contribution >= 0.6 is 0 Å². The first kappa shape index (κ1) is 26.8. The highest BCUT2D eigenvalue weighted by Gasteiger charge is 2.37. The topological polar surface area (TPSA) is 126 Å². The average molecular weight is 515 g/mol. The largest absolute Gasteiger partial charge is 0.445 e. The Balaban J connectivity index is 1.55. The van der Waals surface area contributed by atoms with Gasteiger partial charge in [-0.1, -0.05) is 6.08 Å².